The maximum atomic E-state index is 12.2. The molecule has 0 saturated heterocycles. The Hall–Kier alpha value is -2.01. The first-order valence-corrected chi connectivity index (χ1v) is 8.22. The van der Waals surface area contributed by atoms with Crippen LogP contribution in [0.3, 0.4) is 0 Å². The van der Waals surface area contributed by atoms with E-state index in [1.54, 1.807) is 6.92 Å². The van der Waals surface area contributed by atoms with Crippen LogP contribution in [0.2, 0.25) is 0 Å². The molecule has 0 aliphatic rings. The van der Waals surface area contributed by atoms with Crippen LogP contribution in [0.25, 0.3) is 11.1 Å². The Labute approximate surface area is 144 Å². The first-order valence-electron chi connectivity index (χ1n) is 7.43. The van der Waals surface area contributed by atoms with Crippen LogP contribution >= 0.6 is 15.9 Å². The van der Waals surface area contributed by atoms with Crippen molar-refractivity contribution in [1.29, 1.82) is 0 Å². The minimum Gasteiger partial charge on any atom is -0.507 e. The van der Waals surface area contributed by atoms with Crippen LogP contribution < -0.4 is 5.73 Å². The molecule has 0 heterocycles. The molecule has 1 atom stereocenters. The lowest BCUT2D eigenvalue weighted by molar-refractivity contribution is -0.123. The van der Waals surface area contributed by atoms with Crippen molar-refractivity contribution in [2.24, 2.45) is 5.73 Å². The first-order chi connectivity index (χ1) is 10.8. The number of carbonyl (C=O) groups is 1. The van der Waals surface area contributed by atoms with Crippen molar-refractivity contribution in [3.63, 3.8) is 0 Å². The van der Waals surface area contributed by atoms with E-state index in [1.165, 1.54) is 6.07 Å². The number of hydrogen-bond acceptors (Lipinski definition) is 3. The van der Waals surface area contributed by atoms with Crippen LogP contribution in [0.5, 0.6) is 11.5 Å². The second kappa shape index (κ2) is 6.62. The summed E-state index contributed by atoms with van der Waals surface area (Å²) >= 11 is 3.37. The first kappa shape index (κ1) is 17.3. The molecule has 1 unspecified atom stereocenters. The maximum absolute atomic E-state index is 12.2. The van der Waals surface area contributed by atoms with Crippen LogP contribution in [-0.2, 0) is 10.2 Å². The van der Waals surface area contributed by atoms with Gasteiger partial charge in [0.15, 0.2) is 0 Å². The minimum absolute atomic E-state index is 0.0875. The Bertz CT molecular complexity index is 731. The molecule has 4 nitrogen and oxygen atoms in total. The molecule has 2 rings (SSSR count). The summed E-state index contributed by atoms with van der Waals surface area (Å²) in [4.78, 5) is 12.2. The van der Waals surface area contributed by atoms with Crippen molar-refractivity contribution >= 4 is 21.8 Å². The number of halogens is 1. The summed E-state index contributed by atoms with van der Waals surface area (Å²) in [5, 5.41) is 20.5. The topological polar surface area (TPSA) is 83.6 Å². The van der Waals surface area contributed by atoms with Crippen molar-refractivity contribution in [3.8, 4) is 22.6 Å². The molecule has 23 heavy (non-hydrogen) atoms. The number of rotatable bonds is 5. The average Bonchev–Trinajstić information content (AvgIpc) is 2.51. The number of phenols is 2. The fourth-order valence-electron chi connectivity index (χ4n) is 2.92. The number of aromatic hydroxyl groups is 2. The fourth-order valence-corrected chi connectivity index (χ4v) is 3.67. The van der Waals surface area contributed by atoms with Crippen LogP contribution in [0, 0.1) is 0 Å². The van der Waals surface area contributed by atoms with Gasteiger partial charge in [0.25, 0.3) is 0 Å². The number of carbonyl (C=O) groups excluding carboxylic acids is 1. The second-order valence-electron chi connectivity index (χ2n) is 5.79. The standard InChI is InChI=1S/C18H20BrNO3/c1-3-9-18(2,17(20)23)15-14(11-7-5-4-6-8-11)12(21)10-13(22)16(15)19/h4-8,10,21-22H,3,9H2,1-2H3,(H2,20,23). The highest BCUT2D eigenvalue weighted by Crippen LogP contribution is 2.48. The van der Waals surface area contributed by atoms with E-state index in [0.29, 0.717) is 22.0 Å². The van der Waals surface area contributed by atoms with Gasteiger partial charge in [0.05, 0.1) is 9.89 Å². The zero-order valence-corrected chi connectivity index (χ0v) is 14.7. The second-order valence-corrected chi connectivity index (χ2v) is 6.58. The number of phenolic OH excluding ortho intramolecular Hbond substituents is 2. The summed E-state index contributed by atoms with van der Waals surface area (Å²) in [6.07, 6.45) is 1.24. The largest absolute Gasteiger partial charge is 0.507 e. The Morgan fingerprint density at radius 2 is 1.83 bits per heavy atom. The molecule has 0 aliphatic heterocycles. The van der Waals surface area contributed by atoms with Crippen molar-refractivity contribution in [2.45, 2.75) is 32.1 Å². The number of hydrogen-bond donors (Lipinski definition) is 3. The lowest BCUT2D eigenvalue weighted by atomic mass is 9.74. The Kier molecular flexibility index (Phi) is 5.00. The van der Waals surface area contributed by atoms with Gasteiger partial charge in [0.1, 0.15) is 11.5 Å². The van der Waals surface area contributed by atoms with E-state index in [1.807, 2.05) is 37.3 Å². The minimum atomic E-state index is -1.02. The fraction of sp³-hybridized carbons (Fsp3) is 0.278. The average molecular weight is 378 g/mol. The van der Waals surface area contributed by atoms with Crippen molar-refractivity contribution < 1.29 is 15.0 Å². The van der Waals surface area contributed by atoms with Gasteiger partial charge >= 0.3 is 0 Å². The van der Waals surface area contributed by atoms with Crippen LogP contribution in [0.15, 0.2) is 40.9 Å². The van der Waals surface area contributed by atoms with Gasteiger partial charge in [-0.3, -0.25) is 4.79 Å². The molecule has 2 aromatic rings. The number of primary amides is 1. The Balaban J connectivity index is 2.88. The molecule has 0 aromatic heterocycles. The van der Waals surface area contributed by atoms with Crippen LogP contribution in [0.4, 0.5) is 0 Å². The third-order valence-corrected chi connectivity index (χ3v) is 4.93. The van der Waals surface area contributed by atoms with Crippen LogP contribution in [0.1, 0.15) is 32.3 Å². The summed E-state index contributed by atoms with van der Waals surface area (Å²) in [7, 11) is 0. The summed E-state index contributed by atoms with van der Waals surface area (Å²) in [5.74, 6) is -0.710. The molecule has 0 bridgehead atoms. The SMILES string of the molecule is CCCC(C)(C(N)=O)c1c(Br)c(O)cc(O)c1-c1ccccc1. The number of nitrogens with two attached hydrogens (primary N) is 1. The van der Waals surface area contributed by atoms with Crippen molar-refractivity contribution in [2.75, 3.05) is 0 Å². The molecule has 5 heteroatoms. The van der Waals surface area contributed by atoms with E-state index in [0.717, 1.165) is 12.0 Å². The highest BCUT2D eigenvalue weighted by atomic mass is 79.9. The maximum Gasteiger partial charge on any atom is 0.227 e. The molecule has 0 fully saturated rings. The predicted molar refractivity (Wildman–Crippen MR) is 94.4 cm³/mol. The summed E-state index contributed by atoms with van der Waals surface area (Å²) in [6, 6.07) is 10.5. The third-order valence-electron chi connectivity index (χ3n) is 4.13. The molecule has 0 radical (unpaired) electrons. The summed E-state index contributed by atoms with van der Waals surface area (Å²) in [6.45, 7) is 3.70. The summed E-state index contributed by atoms with van der Waals surface area (Å²) < 4.78 is 0.379. The van der Waals surface area contributed by atoms with Gasteiger partial charge in [0, 0.05) is 11.6 Å². The number of benzene rings is 2. The van der Waals surface area contributed by atoms with Gasteiger partial charge < -0.3 is 15.9 Å². The van der Waals surface area contributed by atoms with Crippen molar-refractivity contribution in [1.82, 2.24) is 0 Å². The molecule has 0 aliphatic carbocycles. The molecule has 0 saturated carbocycles. The summed E-state index contributed by atoms with van der Waals surface area (Å²) in [5.41, 5.74) is 6.43. The van der Waals surface area contributed by atoms with Gasteiger partial charge in [-0.2, -0.15) is 0 Å². The van der Waals surface area contributed by atoms with Crippen LogP contribution in [-0.4, -0.2) is 16.1 Å². The smallest absolute Gasteiger partial charge is 0.227 e. The molecule has 4 N–H and O–H groups in total. The van der Waals surface area contributed by atoms with Crippen molar-refractivity contribution in [3.05, 3.63) is 46.4 Å². The monoisotopic (exact) mass is 377 g/mol. The van der Waals surface area contributed by atoms with Gasteiger partial charge in [-0.05, 0) is 40.4 Å². The molecule has 2 aromatic carbocycles. The zero-order chi connectivity index (χ0) is 17.2. The lowest BCUT2D eigenvalue weighted by Crippen LogP contribution is -2.39. The third kappa shape index (κ3) is 3.06. The van der Waals surface area contributed by atoms with E-state index < -0.39 is 11.3 Å². The number of amides is 1. The van der Waals surface area contributed by atoms with Gasteiger partial charge in [-0.1, -0.05) is 43.7 Å². The highest BCUT2D eigenvalue weighted by molar-refractivity contribution is 9.10. The molecule has 1 amide bonds. The molecular formula is C18H20BrNO3. The Morgan fingerprint density at radius 3 is 2.35 bits per heavy atom. The van der Waals surface area contributed by atoms with Gasteiger partial charge in [-0.15, -0.1) is 0 Å². The molecular weight excluding hydrogens is 358 g/mol. The highest BCUT2D eigenvalue weighted by Gasteiger charge is 2.38. The Morgan fingerprint density at radius 1 is 1.22 bits per heavy atom. The van der Waals surface area contributed by atoms with E-state index in [2.05, 4.69) is 15.9 Å². The molecule has 0 spiro atoms. The van der Waals surface area contributed by atoms with Gasteiger partial charge in [0.2, 0.25) is 5.91 Å². The van der Waals surface area contributed by atoms with Gasteiger partial charge in [-0.25, -0.2) is 0 Å². The lowest BCUT2D eigenvalue weighted by Gasteiger charge is -2.30. The van der Waals surface area contributed by atoms with E-state index >= 15 is 0 Å². The van der Waals surface area contributed by atoms with E-state index in [4.69, 9.17) is 5.73 Å². The molecule has 122 valence electrons. The van der Waals surface area contributed by atoms with E-state index in [9.17, 15) is 15.0 Å². The normalized spacial score (nSPS) is 13.5. The quantitative estimate of drug-likeness (QED) is 0.733. The predicted octanol–water partition coefficient (Wildman–Crippen LogP) is 4.07. The van der Waals surface area contributed by atoms with E-state index in [-0.39, 0.29) is 11.5 Å². The zero-order valence-electron chi connectivity index (χ0n) is 13.1.